The summed E-state index contributed by atoms with van der Waals surface area (Å²) >= 11 is 12.4. The minimum absolute atomic E-state index is 0.0754. The molecule has 0 bridgehead atoms. The molecule has 0 fully saturated rings. The van der Waals surface area contributed by atoms with E-state index >= 15 is 0 Å². The number of halogens is 5. The Morgan fingerprint density at radius 1 is 1.41 bits per heavy atom. The maximum absolute atomic E-state index is 12.6. The lowest BCUT2D eigenvalue weighted by atomic mass is 10.3. The number of hydrogen-bond acceptors (Lipinski definition) is 2. The van der Waals surface area contributed by atoms with Gasteiger partial charge in [0.15, 0.2) is 10.8 Å². The summed E-state index contributed by atoms with van der Waals surface area (Å²) in [4.78, 5) is 4.50. The first-order valence-electron chi connectivity index (χ1n) is 4.42. The van der Waals surface area contributed by atoms with Crippen molar-refractivity contribution >= 4 is 34.7 Å². The molecule has 17 heavy (non-hydrogen) atoms. The third kappa shape index (κ3) is 2.59. The summed E-state index contributed by atoms with van der Waals surface area (Å²) in [5, 5.41) is 1.20. The van der Waals surface area contributed by atoms with Crippen molar-refractivity contribution in [2.24, 2.45) is 0 Å². The van der Waals surface area contributed by atoms with Crippen LogP contribution in [0.5, 0.6) is 0 Å². The van der Waals surface area contributed by atoms with E-state index in [0.29, 0.717) is 4.09 Å². The Morgan fingerprint density at radius 3 is 2.59 bits per heavy atom. The van der Waals surface area contributed by atoms with Gasteiger partial charge in [0.1, 0.15) is 5.82 Å². The van der Waals surface area contributed by atoms with Crippen molar-refractivity contribution in [3.05, 3.63) is 39.1 Å². The first kappa shape index (κ1) is 12.7. The largest absolute Gasteiger partial charge is 0.435 e. The van der Waals surface area contributed by atoms with Crippen LogP contribution >= 0.6 is 34.7 Å². The van der Waals surface area contributed by atoms with Crippen LogP contribution in [-0.2, 0) is 12.6 Å². The molecule has 2 nitrogen and oxygen atoms in total. The number of aromatic nitrogens is 2. The molecular weight excluding hydrogens is 296 g/mol. The van der Waals surface area contributed by atoms with Crippen LogP contribution in [0.25, 0.3) is 0 Å². The van der Waals surface area contributed by atoms with Gasteiger partial charge in [0.2, 0.25) is 0 Å². The Morgan fingerprint density at radius 2 is 2.12 bits per heavy atom. The van der Waals surface area contributed by atoms with Crippen LogP contribution in [-0.4, -0.2) is 9.07 Å². The minimum atomic E-state index is -4.61. The Labute approximate surface area is 109 Å². The van der Waals surface area contributed by atoms with Crippen LogP contribution in [0.3, 0.4) is 0 Å². The highest BCUT2D eigenvalue weighted by Crippen LogP contribution is 2.36. The molecule has 0 spiro atoms. The number of nitrogens with zero attached hydrogens (tertiary/aromatic N) is 2. The molecule has 0 amide bonds. The topological polar surface area (TPSA) is 17.8 Å². The first-order valence-corrected chi connectivity index (χ1v) is 6.02. The smallest absolute Gasteiger partial charge is 0.231 e. The van der Waals surface area contributed by atoms with Gasteiger partial charge in [0.05, 0.1) is 0 Å². The van der Waals surface area contributed by atoms with Gasteiger partial charge in [-0.2, -0.15) is 13.2 Å². The fraction of sp³-hybridized carbons (Fsp3) is 0.222. The van der Waals surface area contributed by atoms with Crippen LogP contribution in [0.2, 0.25) is 5.15 Å². The van der Waals surface area contributed by atoms with E-state index in [1.165, 1.54) is 11.3 Å². The lowest BCUT2D eigenvalue weighted by Crippen LogP contribution is -2.10. The van der Waals surface area contributed by atoms with Crippen molar-refractivity contribution in [2.75, 3.05) is 0 Å². The Balaban J connectivity index is 2.38. The molecule has 0 N–H and O–H groups in total. The van der Waals surface area contributed by atoms with Crippen molar-refractivity contribution in [2.45, 2.75) is 12.6 Å². The van der Waals surface area contributed by atoms with E-state index in [-0.39, 0.29) is 12.2 Å². The van der Waals surface area contributed by atoms with Gasteiger partial charge < -0.3 is 0 Å². The van der Waals surface area contributed by atoms with Crippen molar-refractivity contribution in [1.29, 1.82) is 0 Å². The van der Waals surface area contributed by atoms with Gasteiger partial charge in [-0.05, 0) is 11.4 Å². The molecule has 2 rings (SSSR count). The second-order valence-corrected chi connectivity index (χ2v) is 4.93. The molecule has 8 heteroatoms. The van der Waals surface area contributed by atoms with Crippen molar-refractivity contribution in [3.8, 4) is 0 Å². The molecule has 0 aromatic carbocycles. The molecule has 0 radical (unpaired) electrons. The monoisotopic (exact) mass is 300 g/mol. The Kier molecular flexibility index (Phi) is 3.38. The highest BCUT2D eigenvalue weighted by atomic mass is 35.5. The zero-order chi connectivity index (χ0) is 12.6. The summed E-state index contributed by atoms with van der Waals surface area (Å²) in [6.07, 6.45) is -4.39. The van der Waals surface area contributed by atoms with E-state index in [9.17, 15) is 13.2 Å². The van der Waals surface area contributed by atoms with Gasteiger partial charge in [0, 0.05) is 23.1 Å². The van der Waals surface area contributed by atoms with E-state index in [1.807, 2.05) is 5.38 Å². The normalized spacial score (nSPS) is 12.1. The zero-order valence-corrected chi connectivity index (χ0v) is 10.5. The molecule has 92 valence electrons. The summed E-state index contributed by atoms with van der Waals surface area (Å²) in [5.74, 6) is 0.0754. The van der Waals surface area contributed by atoms with E-state index in [1.54, 1.807) is 12.1 Å². The van der Waals surface area contributed by atoms with Crippen molar-refractivity contribution < 1.29 is 13.2 Å². The summed E-state index contributed by atoms with van der Waals surface area (Å²) < 4.78 is 38.2. The average molecular weight is 301 g/mol. The first-order chi connectivity index (χ1) is 7.89. The zero-order valence-electron chi connectivity index (χ0n) is 8.13. The minimum Gasteiger partial charge on any atom is -0.231 e. The molecule has 2 heterocycles. The highest BCUT2D eigenvalue weighted by Gasteiger charge is 2.39. The van der Waals surface area contributed by atoms with Crippen molar-refractivity contribution in [3.63, 3.8) is 0 Å². The predicted molar refractivity (Wildman–Crippen MR) is 60.6 cm³/mol. The third-order valence-corrected chi connectivity index (χ3v) is 3.53. The van der Waals surface area contributed by atoms with Crippen LogP contribution in [0, 0.1) is 0 Å². The van der Waals surface area contributed by atoms with Gasteiger partial charge in [-0.25, -0.2) is 9.07 Å². The van der Waals surface area contributed by atoms with Gasteiger partial charge in [-0.1, -0.05) is 17.7 Å². The number of thiophene rings is 1. The third-order valence-electron chi connectivity index (χ3n) is 2.03. The number of alkyl halides is 3. The lowest BCUT2D eigenvalue weighted by Gasteiger charge is -2.06. The van der Waals surface area contributed by atoms with Crippen LogP contribution in [0.4, 0.5) is 13.2 Å². The number of rotatable bonds is 2. The Bertz CT molecular complexity index is 519. The number of hydrogen-bond donors (Lipinski definition) is 0. The van der Waals surface area contributed by atoms with Gasteiger partial charge >= 0.3 is 6.18 Å². The molecule has 0 unspecified atom stereocenters. The van der Waals surface area contributed by atoms with E-state index in [2.05, 4.69) is 4.98 Å². The van der Waals surface area contributed by atoms with Crippen LogP contribution < -0.4 is 0 Å². The Hall–Kier alpha value is -0.720. The molecule has 0 aliphatic heterocycles. The standard InChI is InChI=1S/C9H5Cl2F3N2S/c10-8-7(9(12,13)14)16(11)6(15-8)4-5-2-1-3-17-5/h1-3H,4H2. The van der Waals surface area contributed by atoms with Gasteiger partial charge in [-0.3, -0.25) is 0 Å². The predicted octanol–water partition coefficient (Wildman–Crippen LogP) is 4.21. The summed E-state index contributed by atoms with van der Waals surface area (Å²) in [5.41, 5.74) is -1.13. The van der Waals surface area contributed by atoms with E-state index < -0.39 is 17.0 Å². The SMILES string of the molecule is FC(F)(F)c1c(Cl)nc(Cc2cccs2)n1Cl. The fourth-order valence-electron chi connectivity index (χ4n) is 1.33. The van der Waals surface area contributed by atoms with Gasteiger partial charge in [-0.15, -0.1) is 11.3 Å². The molecule has 2 aromatic rings. The maximum Gasteiger partial charge on any atom is 0.435 e. The average Bonchev–Trinajstić information content (AvgIpc) is 2.75. The molecule has 0 saturated carbocycles. The molecule has 0 saturated heterocycles. The lowest BCUT2D eigenvalue weighted by molar-refractivity contribution is -0.141. The van der Waals surface area contributed by atoms with Crippen LogP contribution in [0.15, 0.2) is 17.5 Å². The summed E-state index contributed by atoms with van der Waals surface area (Å²) in [7, 11) is 0. The number of imidazole rings is 1. The van der Waals surface area contributed by atoms with Crippen LogP contribution in [0.1, 0.15) is 16.4 Å². The summed E-state index contributed by atoms with van der Waals surface area (Å²) in [6.45, 7) is 0. The highest BCUT2D eigenvalue weighted by molar-refractivity contribution is 7.09. The molecule has 0 aliphatic rings. The van der Waals surface area contributed by atoms with Crippen molar-refractivity contribution in [1.82, 2.24) is 9.07 Å². The quantitative estimate of drug-likeness (QED) is 0.812. The molecular formula is C9H5Cl2F3N2S. The maximum atomic E-state index is 12.6. The fourth-order valence-corrected chi connectivity index (χ4v) is 2.63. The summed E-state index contributed by atoms with van der Waals surface area (Å²) in [6, 6.07) is 3.59. The van der Waals surface area contributed by atoms with E-state index in [4.69, 9.17) is 23.4 Å². The molecule has 0 atom stereocenters. The van der Waals surface area contributed by atoms with Gasteiger partial charge in [0.25, 0.3) is 0 Å². The van der Waals surface area contributed by atoms with E-state index in [0.717, 1.165) is 4.88 Å². The molecule has 0 aliphatic carbocycles. The molecule has 2 aromatic heterocycles. The second kappa shape index (κ2) is 4.51. The second-order valence-electron chi connectivity index (χ2n) is 3.20.